The van der Waals surface area contributed by atoms with E-state index in [4.69, 9.17) is 4.74 Å². The van der Waals surface area contributed by atoms with E-state index >= 15 is 0 Å². The zero-order valence-corrected chi connectivity index (χ0v) is 10.9. The molecule has 0 spiro atoms. The van der Waals surface area contributed by atoms with Gasteiger partial charge in [0.1, 0.15) is 0 Å². The Morgan fingerprint density at radius 2 is 2.13 bits per heavy atom. The third kappa shape index (κ3) is 4.22. The molecule has 84 valence electrons. The summed E-state index contributed by atoms with van der Waals surface area (Å²) in [5.74, 6) is 0. The van der Waals surface area contributed by atoms with Crippen molar-refractivity contribution < 1.29 is 4.74 Å². The molecule has 0 saturated carbocycles. The molecule has 0 aromatic heterocycles. The van der Waals surface area contributed by atoms with Crippen molar-refractivity contribution in [2.45, 2.75) is 19.8 Å². The zero-order valence-electron chi connectivity index (χ0n) is 9.35. The summed E-state index contributed by atoms with van der Waals surface area (Å²) in [5, 5.41) is 3.44. The highest BCUT2D eigenvalue weighted by Crippen LogP contribution is 2.25. The van der Waals surface area contributed by atoms with E-state index < -0.39 is 0 Å². The van der Waals surface area contributed by atoms with E-state index in [-0.39, 0.29) is 0 Å². The van der Waals surface area contributed by atoms with Crippen LogP contribution in [0.4, 0.5) is 5.69 Å². The van der Waals surface area contributed by atoms with E-state index in [0.29, 0.717) is 0 Å². The number of aryl methyl sites for hydroxylation is 1. The van der Waals surface area contributed by atoms with Crippen molar-refractivity contribution in [1.29, 1.82) is 0 Å². The zero-order chi connectivity index (χ0) is 11.1. The molecule has 15 heavy (non-hydrogen) atoms. The molecular formula is C12H18BrNO. The second-order valence-electron chi connectivity index (χ2n) is 3.56. The Morgan fingerprint density at radius 3 is 2.80 bits per heavy atom. The number of rotatable bonds is 6. The summed E-state index contributed by atoms with van der Waals surface area (Å²) in [6, 6.07) is 6.22. The molecule has 3 heteroatoms. The van der Waals surface area contributed by atoms with Crippen molar-refractivity contribution in [3.05, 3.63) is 28.2 Å². The van der Waals surface area contributed by atoms with Gasteiger partial charge in [-0.3, -0.25) is 0 Å². The summed E-state index contributed by atoms with van der Waals surface area (Å²) in [6.07, 6.45) is 2.24. The van der Waals surface area contributed by atoms with Crippen LogP contribution in [0.2, 0.25) is 0 Å². The topological polar surface area (TPSA) is 21.3 Å². The molecule has 0 unspecified atom stereocenters. The maximum Gasteiger partial charge on any atom is 0.0514 e. The van der Waals surface area contributed by atoms with Gasteiger partial charge in [-0.2, -0.15) is 0 Å². The number of hydrogen-bond donors (Lipinski definition) is 1. The number of unbranched alkanes of at least 4 members (excludes halogenated alkanes) is 1. The van der Waals surface area contributed by atoms with Gasteiger partial charge in [-0.1, -0.05) is 12.1 Å². The van der Waals surface area contributed by atoms with Crippen LogP contribution in [0.3, 0.4) is 0 Å². The maximum absolute atomic E-state index is 5.00. The number of benzene rings is 1. The van der Waals surface area contributed by atoms with Gasteiger partial charge in [-0.15, -0.1) is 0 Å². The van der Waals surface area contributed by atoms with Gasteiger partial charge in [0.2, 0.25) is 0 Å². The third-order valence-corrected chi connectivity index (χ3v) is 2.96. The summed E-state index contributed by atoms with van der Waals surface area (Å²) >= 11 is 3.54. The lowest BCUT2D eigenvalue weighted by atomic mass is 10.2. The van der Waals surface area contributed by atoms with E-state index in [1.54, 1.807) is 7.11 Å². The molecule has 0 bridgehead atoms. The lowest BCUT2D eigenvalue weighted by Crippen LogP contribution is -2.04. The van der Waals surface area contributed by atoms with Crippen molar-refractivity contribution >= 4 is 21.6 Å². The van der Waals surface area contributed by atoms with Crippen LogP contribution < -0.4 is 5.32 Å². The first-order chi connectivity index (χ1) is 7.25. The summed E-state index contributed by atoms with van der Waals surface area (Å²) in [5.41, 5.74) is 2.48. The van der Waals surface area contributed by atoms with Crippen LogP contribution in [0.5, 0.6) is 0 Å². The first-order valence-electron chi connectivity index (χ1n) is 5.23. The Kier molecular flexibility index (Phi) is 5.73. The van der Waals surface area contributed by atoms with Crippen LogP contribution in [0.1, 0.15) is 18.4 Å². The predicted octanol–water partition coefficient (Wildman–Crippen LogP) is 3.60. The predicted molar refractivity (Wildman–Crippen MR) is 68.5 cm³/mol. The van der Waals surface area contributed by atoms with Crippen molar-refractivity contribution in [3.63, 3.8) is 0 Å². The first-order valence-corrected chi connectivity index (χ1v) is 6.03. The van der Waals surface area contributed by atoms with E-state index in [1.807, 2.05) is 0 Å². The molecular weight excluding hydrogens is 254 g/mol. The lowest BCUT2D eigenvalue weighted by Gasteiger charge is -2.11. The monoisotopic (exact) mass is 271 g/mol. The number of nitrogens with one attached hydrogen (secondary N) is 1. The number of halogens is 1. The number of anilines is 1. The average molecular weight is 272 g/mol. The number of para-hydroxylation sites is 1. The van der Waals surface area contributed by atoms with Crippen molar-refractivity contribution in [3.8, 4) is 0 Å². The second-order valence-corrected chi connectivity index (χ2v) is 4.41. The van der Waals surface area contributed by atoms with Crippen molar-refractivity contribution in [1.82, 2.24) is 0 Å². The largest absolute Gasteiger partial charge is 0.385 e. The van der Waals surface area contributed by atoms with Gasteiger partial charge in [-0.25, -0.2) is 0 Å². The minimum absolute atomic E-state index is 0.844. The van der Waals surface area contributed by atoms with Crippen LogP contribution in [0.25, 0.3) is 0 Å². The Bertz CT molecular complexity index is 281. The van der Waals surface area contributed by atoms with Crippen LogP contribution >= 0.6 is 15.9 Å². The Hall–Kier alpha value is -0.540. The highest BCUT2D eigenvalue weighted by atomic mass is 79.9. The van der Waals surface area contributed by atoms with Crippen LogP contribution in [0.15, 0.2) is 22.7 Å². The molecule has 0 radical (unpaired) electrons. The normalized spacial score (nSPS) is 10.3. The van der Waals surface area contributed by atoms with E-state index in [1.165, 1.54) is 11.3 Å². The molecule has 1 rings (SSSR count). The highest BCUT2D eigenvalue weighted by molar-refractivity contribution is 9.10. The SMILES string of the molecule is COCCCCNc1c(C)cccc1Br. The molecule has 0 saturated heterocycles. The van der Waals surface area contributed by atoms with Gasteiger partial charge in [0.15, 0.2) is 0 Å². The molecule has 1 aromatic rings. The fourth-order valence-corrected chi connectivity index (χ4v) is 2.05. The summed E-state index contributed by atoms with van der Waals surface area (Å²) < 4.78 is 6.14. The van der Waals surface area contributed by atoms with Crippen LogP contribution in [0, 0.1) is 6.92 Å². The molecule has 0 atom stereocenters. The van der Waals surface area contributed by atoms with Gasteiger partial charge in [0.05, 0.1) is 5.69 Å². The maximum atomic E-state index is 5.00. The molecule has 2 nitrogen and oxygen atoms in total. The van der Waals surface area contributed by atoms with Crippen LogP contribution in [-0.2, 0) is 4.74 Å². The van der Waals surface area contributed by atoms with Gasteiger partial charge in [0.25, 0.3) is 0 Å². The molecule has 1 aromatic carbocycles. The Labute approximate surface area is 100 Å². The average Bonchev–Trinajstić information content (AvgIpc) is 2.21. The fourth-order valence-electron chi connectivity index (χ4n) is 1.44. The molecule has 0 amide bonds. The van der Waals surface area contributed by atoms with Gasteiger partial charge >= 0.3 is 0 Å². The van der Waals surface area contributed by atoms with E-state index in [9.17, 15) is 0 Å². The number of methoxy groups -OCH3 is 1. The van der Waals surface area contributed by atoms with Crippen molar-refractivity contribution in [2.75, 3.05) is 25.6 Å². The number of ether oxygens (including phenoxy) is 1. The van der Waals surface area contributed by atoms with E-state index in [2.05, 4.69) is 46.4 Å². The van der Waals surface area contributed by atoms with Gasteiger partial charge in [0, 0.05) is 24.7 Å². The molecule has 0 aliphatic heterocycles. The molecule has 1 N–H and O–H groups in total. The van der Waals surface area contributed by atoms with Gasteiger partial charge in [-0.05, 0) is 47.3 Å². The smallest absolute Gasteiger partial charge is 0.0514 e. The standard InChI is InChI=1S/C12H18BrNO/c1-10-6-5-7-11(13)12(10)14-8-3-4-9-15-2/h5-7,14H,3-4,8-9H2,1-2H3. The second kappa shape index (κ2) is 6.85. The Balaban J connectivity index is 2.37. The third-order valence-electron chi connectivity index (χ3n) is 2.30. The number of hydrogen-bond acceptors (Lipinski definition) is 2. The molecule has 0 aliphatic rings. The van der Waals surface area contributed by atoms with E-state index in [0.717, 1.165) is 30.5 Å². The summed E-state index contributed by atoms with van der Waals surface area (Å²) in [4.78, 5) is 0. The highest BCUT2D eigenvalue weighted by Gasteiger charge is 2.01. The van der Waals surface area contributed by atoms with Crippen LogP contribution in [-0.4, -0.2) is 20.3 Å². The summed E-state index contributed by atoms with van der Waals surface area (Å²) in [6.45, 7) is 3.95. The molecule has 0 fully saturated rings. The Morgan fingerprint density at radius 1 is 1.33 bits per heavy atom. The molecule has 0 heterocycles. The minimum atomic E-state index is 0.844. The molecule has 0 aliphatic carbocycles. The van der Waals surface area contributed by atoms with Crippen molar-refractivity contribution in [2.24, 2.45) is 0 Å². The summed E-state index contributed by atoms with van der Waals surface area (Å²) in [7, 11) is 1.74. The lowest BCUT2D eigenvalue weighted by molar-refractivity contribution is 0.194. The first kappa shape index (κ1) is 12.5. The minimum Gasteiger partial charge on any atom is -0.385 e. The van der Waals surface area contributed by atoms with Gasteiger partial charge < -0.3 is 10.1 Å². The fraction of sp³-hybridized carbons (Fsp3) is 0.500. The quantitative estimate of drug-likeness (QED) is 0.799.